The maximum Gasteiger partial charge on any atom is 0.222 e. The van der Waals surface area contributed by atoms with Gasteiger partial charge in [0.05, 0.1) is 13.2 Å². The quantitative estimate of drug-likeness (QED) is 0.926. The highest BCUT2D eigenvalue weighted by Crippen LogP contribution is 2.35. The summed E-state index contributed by atoms with van der Waals surface area (Å²) in [6.45, 7) is 0. The minimum absolute atomic E-state index is 0.297. The van der Waals surface area contributed by atoms with E-state index >= 15 is 0 Å². The fourth-order valence-electron chi connectivity index (χ4n) is 2.54. The lowest BCUT2D eigenvalue weighted by Crippen LogP contribution is -2.11. The number of rotatable bonds is 4. The Morgan fingerprint density at radius 1 is 1.20 bits per heavy atom. The van der Waals surface area contributed by atoms with Gasteiger partial charge < -0.3 is 19.7 Å². The van der Waals surface area contributed by atoms with Gasteiger partial charge >= 0.3 is 0 Å². The summed E-state index contributed by atoms with van der Waals surface area (Å²) in [4.78, 5) is 0. The number of anilines is 1. The predicted octanol–water partition coefficient (Wildman–Crippen LogP) is 3.25. The molecule has 106 valence electrons. The Balaban J connectivity index is 1.85. The van der Waals surface area contributed by atoms with Crippen molar-refractivity contribution < 1.29 is 14.0 Å². The topological polar surface area (TPSA) is 70.5 Å². The van der Waals surface area contributed by atoms with Gasteiger partial charge in [0, 0.05) is 11.6 Å². The lowest BCUT2D eigenvalue weighted by Gasteiger charge is -2.16. The molecule has 0 unspecified atom stereocenters. The van der Waals surface area contributed by atoms with E-state index in [0.717, 1.165) is 24.2 Å². The zero-order valence-corrected chi connectivity index (χ0v) is 11.5. The lowest BCUT2D eigenvalue weighted by atomic mass is 10.1. The van der Waals surface area contributed by atoms with Gasteiger partial charge in [0.1, 0.15) is 5.69 Å². The molecule has 2 aromatic rings. The lowest BCUT2D eigenvalue weighted by molar-refractivity contribution is 0.201. The Labute approximate surface area is 117 Å². The molecule has 1 heterocycles. The molecule has 0 saturated heterocycles. The molecule has 0 spiro atoms. The van der Waals surface area contributed by atoms with Crippen molar-refractivity contribution in [2.75, 3.05) is 12.8 Å². The van der Waals surface area contributed by atoms with E-state index in [0.29, 0.717) is 23.4 Å². The normalized spacial score (nSPS) is 15.4. The minimum atomic E-state index is 0.297. The van der Waals surface area contributed by atoms with E-state index in [2.05, 4.69) is 5.16 Å². The highest BCUT2D eigenvalue weighted by atomic mass is 16.5. The summed E-state index contributed by atoms with van der Waals surface area (Å²) in [5, 5.41) is 3.90. The maximum atomic E-state index is 6.00. The average molecular weight is 274 g/mol. The summed E-state index contributed by atoms with van der Waals surface area (Å²) in [6, 6.07) is 7.43. The molecular weight excluding hydrogens is 256 g/mol. The Hall–Kier alpha value is -2.17. The van der Waals surface area contributed by atoms with Crippen LogP contribution < -0.4 is 15.2 Å². The summed E-state index contributed by atoms with van der Waals surface area (Å²) in [5.74, 6) is 1.78. The predicted molar refractivity (Wildman–Crippen MR) is 75.8 cm³/mol. The van der Waals surface area contributed by atoms with Crippen molar-refractivity contribution in [2.45, 2.75) is 31.8 Å². The van der Waals surface area contributed by atoms with E-state index in [1.165, 1.54) is 12.8 Å². The smallest absolute Gasteiger partial charge is 0.222 e. The first-order chi connectivity index (χ1) is 9.76. The van der Waals surface area contributed by atoms with E-state index in [1.807, 2.05) is 18.2 Å². The van der Waals surface area contributed by atoms with Gasteiger partial charge in [0.15, 0.2) is 11.5 Å². The highest BCUT2D eigenvalue weighted by molar-refractivity contribution is 5.65. The molecule has 1 aromatic carbocycles. The van der Waals surface area contributed by atoms with Crippen molar-refractivity contribution in [1.29, 1.82) is 0 Å². The first-order valence-corrected chi connectivity index (χ1v) is 6.83. The van der Waals surface area contributed by atoms with Crippen molar-refractivity contribution in [2.24, 2.45) is 0 Å². The Morgan fingerprint density at radius 2 is 2.00 bits per heavy atom. The molecule has 5 nitrogen and oxygen atoms in total. The number of methoxy groups -OCH3 is 1. The van der Waals surface area contributed by atoms with Crippen molar-refractivity contribution in [3.63, 3.8) is 0 Å². The zero-order chi connectivity index (χ0) is 13.9. The fraction of sp³-hybridized carbons (Fsp3) is 0.400. The van der Waals surface area contributed by atoms with E-state index in [9.17, 15) is 0 Å². The number of ether oxygens (including phenoxy) is 2. The summed E-state index contributed by atoms with van der Waals surface area (Å²) >= 11 is 0. The van der Waals surface area contributed by atoms with Crippen LogP contribution >= 0.6 is 0 Å². The number of nitrogens with zero attached hydrogens (tertiary/aromatic N) is 1. The molecule has 5 heteroatoms. The van der Waals surface area contributed by atoms with Crippen LogP contribution in [0.25, 0.3) is 11.3 Å². The second kappa shape index (κ2) is 5.45. The largest absolute Gasteiger partial charge is 0.493 e. The molecule has 0 atom stereocenters. The third-order valence-corrected chi connectivity index (χ3v) is 3.58. The standard InChI is InChI=1S/C15H18N2O3/c1-18-14-8-10(12-9-15(16)20-17-12)6-7-13(14)19-11-4-2-3-5-11/h6-9,11H,2-5,16H2,1H3. The molecule has 0 aliphatic heterocycles. The van der Waals surface area contributed by atoms with Gasteiger partial charge in [0.25, 0.3) is 0 Å². The fourth-order valence-corrected chi connectivity index (χ4v) is 2.54. The summed E-state index contributed by atoms with van der Waals surface area (Å²) in [5.41, 5.74) is 7.12. The van der Waals surface area contributed by atoms with Crippen molar-refractivity contribution in [1.82, 2.24) is 5.16 Å². The van der Waals surface area contributed by atoms with Gasteiger partial charge in [-0.25, -0.2) is 0 Å². The van der Waals surface area contributed by atoms with Gasteiger partial charge in [-0.2, -0.15) is 0 Å². The number of aromatic nitrogens is 1. The van der Waals surface area contributed by atoms with Gasteiger partial charge in [-0.15, -0.1) is 0 Å². The first kappa shape index (κ1) is 12.8. The highest BCUT2D eigenvalue weighted by Gasteiger charge is 2.19. The first-order valence-electron chi connectivity index (χ1n) is 6.83. The zero-order valence-electron chi connectivity index (χ0n) is 11.5. The number of nitrogen functional groups attached to an aromatic ring is 1. The van der Waals surface area contributed by atoms with Gasteiger partial charge in [-0.05, 0) is 43.9 Å². The maximum absolute atomic E-state index is 6.00. The molecule has 3 rings (SSSR count). The average Bonchev–Trinajstić information content (AvgIpc) is 3.11. The molecule has 1 aromatic heterocycles. The molecule has 1 fully saturated rings. The van der Waals surface area contributed by atoms with Crippen LogP contribution in [0.1, 0.15) is 25.7 Å². The molecule has 0 radical (unpaired) electrons. The Morgan fingerprint density at radius 3 is 2.65 bits per heavy atom. The summed E-state index contributed by atoms with van der Waals surface area (Å²) in [7, 11) is 1.64. The Kier molecular flexibility index (Phi) is 3.50. The SMILES string of the molecule is COc1cc(-c2cc(N)on2)ccc1OC1CCCC1. The van der Waals surface area contributed by atoms with E-state index in [-0.39, 0.29) is 0 Å². The third kappa shape index (κ3) is 2.57. The van der Waals surface area contributed by atoms with E-state index < -0.39 is 0 Å². The van der Waals surface area contributed by atoms with Crippen molar-refractivity contribution >= 4 is 5.88 Å². The van der Waals surface area contributed by atoms with Crippen LogP contribution in [0.2, 0.25) is 0 Å². The van der Waals surface area contributed by atoms with Crippen LogP contribution in [0, 0.1) is 0 Å². The van der Waals surface area contributed by atoms with Crippen LogP contribution in [0.5, 0.6) is 11.5 Å². The van der Waals surface area contributed by atoms with Crippen molar-refractivity contribution in [3.05, 3.63) is 24.3 Å². The third-order valence-electron chi connectivity index (χ3n) is 3.58. The molecule has 1 aliphatic rings. The van der Waals surface area contributed by atoms with E-state index in [1.54, 1.807) is 13.2 Å². The Bertz CT molecular complexity index is 589. The number of benzene rings is 1. The molecular formula is C15H18N2O3. The molecule has 0 bridgehead atoms. The van der Waals surface area contributed by atoms with Crippen molar-refractivity contribution in [3.8, 4) is 22.8 Å². The van der Waals surface area contributed by atoms with Crippen LogP contribution in [0.15, 0.2) is 28.8 Å². The molecule has 1 aliphatic carbocycles. The summed E-state index contributed by atoms with van der Waals surface area (Å²) < 4.78 is 16.3. The minimum Gasteiger partial charge on any atom is -0.493 e. The van der Waals surface area contributed by atoms with Gasteiger partial charge in [-0.3, -0.25) is 0 Å². The number of hydrogen-bond donors (Lipinski definition) is 1. The number of nitrogens with two attached hydrogens (primary N) is 1. The van der Waals surface area contributed by atoms with Crippen LogP contribution in [-0.2, 0) is 0 Å². The van der Waals surface area contributed by atoms with Gasteiger partial charge in [0.2, 0.25) is 5.88 Å². The molecule has 1 saturated carbocycles. The second-order valence-corrected chi connectivity index (χ2v) is 5.00. The molecule has 20 heavy (non-hydrogen) atoms. The monoisotopic (exact) mass is 274 g/mol. The molecule has 0 amide bonds. The summed E-state index contributed by atoms with van der Waals surface area (Å²) in [6.07, 6.45) is 5.01. The van der Waals surface area contributed by atoms with Crippen LogP contribution in [-0.4, -0.2) is 18.4 Å². The molecule has 2 N–H and O–H groups in total. The van der Waals surface area contributed by atoms with Crippen LogP contribution in [0.4, 0.5) is 5.88 Å². The second-order valence-electron chi connectivity index (χ2n) is 5.00. The van der Waals surface area contributed by atoms with E-state index in [4.69, 9.17) is 19.7 Å². The van der Waals surface area contributed by atoms with Gasteiger partial charge in [-0.1, -0.05) is 5.16 Å². The number of hydrogen-bond acceptors (Lipinski definition) is 5. The van der Waals surface area contributed by atoms with Crippen LogP contribution in [0.3, 0.4) is 0 Å².